The first-order chi connectivity index (χ1) is 9.40. The Hall–Kier alpha value is -1.61. The highest BCUT2D eigenvalue weighted by atomic mass is 32.2. The smallest absolute Gasteiger partial charge is 0.142 e. The molecule has 0 unspecified atom stereocenters. The van der Waals surface area contributed by atoms with Crippen molar-refractivity contribution in [3.63, 3.8) is 0 Å². The minimum atomic E-state index is 0.188. The molecule has 0 saturated carbocycles. The molecular formula is C17H21NOS. The van der Waals surface area contributed by atoms with Crippen LogP contribution in [0.1, 0.15) is 26.3 Å². The molecule has 0 bridgehead atoms. The van der Waals surface area contributed by atoms with Gasteiger partial charge < -0.3 is 10.5 Å². The van der Waals surface area contributed by atoms with Gasteiger partial charge in [-0.3, -0.25) is 0 Å². The fraction of sp³-hybridized carbons (Fsp3) is 0.294. The SMILES string of the molecule is COc1cc(Sc2ccc(C(C)(C)C)cc2)ccc1N. The molecule has 2 aromatic carbocycles. The van der Waals surface area contributed by atoms with Crippen molar-refractivity contribution < 1.29 is 4.74 Å². The molecule has 0 saturated heterocycles. The number of hydrogen-bond donors (Lipinski definition) is 1. The number of methoxy groups -OCH3 is 1. The van der Waals surface area contributed by atoms with Crippen molar-refractivity contribution in [2.75, 3.05) is 12.8 Å². The highest BCUT2D eigenvalue weighted by Gasteiger charge is 2.13. The number of anilines is 1. The molecule has 0 aliphatic heterocycles. The normalized spacial score (nSPS) is 11.4. The topological polar surface area (TPSA) is 35.2 Å². The Morgan fingerprint density at radius 1 is 0.950 bits per heavy atom. The zero-order chi connectivity index (χ0) is 14.8. The average Bonchev–Trinajstić information content (AvgIpc) is 2.40. The molecule has 106 valence electrons. The van der Waals surface area contributed by atoms with Crippen molar-refractivity contribution in [3.05, 3.63) is 48.0 Å². The second kappa shape index (κ2) is 5.80. The van der Waals surface area contributed by atoms with Crippen LogP contribution < -0.4 is 10.5 Å². The molecule has 0 atom stereocenters. The van der Waals surface area contributed by atoms with Crippen LogP contribution in [0.5, 0.6) is 5.75 Å². The van der Waals surface area contributed by atoms with E-state index in [0.717, 1.165) is 10.6 Å². The molecule has 0 radical (unpaired) electrons. The van der Waals surface area contributed by atoms with Gasteiger partial charge in [-0.05, 0) is 41.3 Å². The molecular weight excluding hydrogens is 266 g/mol. The molecule has 0 aliphatic carbocycles. The minimum absolute atomic E-state index is 0.188. The van der Waals surface area contributed by atoms with E-state index in [2.05, 4.69) is 45.0 Å². The van der Waals surface area contributed by atoms with Crippen LogP contribution >= 0.6 is 11.8 Å². The number of nitrogens with two attached hydrogens (primary N) is 1. The molecule has 0 heterocycles. The highest BCUT2D eigenvalue weighted by Crippen LogP contribution is 2.34. The van der Waals surface area contributed by atoms with Crippen LogP contribution in [0.3, 0.4) is 0 Å². The molecule has 2 N–H and O–H groups in total. The number of benzene rings is 2. The summed E-state index contributed by atoms with van der Waals surface area (Å²) in [6.07, 6.45) is 0. The van der Waals surface area contributed by atoms with Crippen molar-refractivity contribution in [2.24, 2.45) is 0 Å². The second-order valence-electron chi connectivity index (χ2n) is 5.78. The fourth-order valence-electron chi connectivity index (χ4n) is 1.91. The van der Waals surface area contributed by atoms with Gasteiger partial charge in [-0.25, -0.2) is 0 Å². The van der Waals surface area contributed by atoms with Crippen LogP contribution in [-0.4, -0.2) is 7.11 Å². The highest BCUT2D eigenvalue weighted by molar-refractivity contribution is 7.99. The van der Waals surface area contributed by atoms with E-state index in [4.69, 9.17) is 10.5 Å². The van der Waals surface area contributed by atoms with Crippen molar-refractivity contribution in [1.29, 1.82) is 0 Å². The number of ether oxygens (including phenoxy) is 1. The lowest BCUT2D eigenvalue weighted by Gasteiger charge is -2.19. The van der Waals surface area contributed by atoms with Crippen LogP contribution in [0.25, 0.3) is 0 Å². The van der Waals surface area contributed by atoms with Crippen LogP contribution in [0.2, 0.25) is 0 Å². The number of nitrogen functional groups attached to an aromatic ring is 1. The Labute approximate surface area is 125 Å². The lowest BCUT2D eigenvalue weighted by atomic mass is 9.87. The number of hydrogen-bond acceptors (Lipinski definition) is 3. The first-order valence-electron chi connectivity index (χ1n) is 6.62. The van der Waals surface area contributed by atoms with E-state index in [1.165, 1.54) is 10.5 Å². The summed E-state index contributed by atoms with van der Waals surface area (Å²) in [6, 6.07) is 14.6. The molecule has 0 aliphatic rings. The Bertz CT molecular complexity index is 585. The van der Waals surface area contributed by atoms with Crippen LogP contribution in [0.4, 0.5) is 5.69 Å². The van der Waals surface area contributed by atoms with E-state index >= 15 is 0 Å². The summed E-state index contributed by atoms with van der Waals surface area (Å²) in [6.45, 7) is 6.67. The van der Waals surface area contributed by atoms with Gasteiger partial charge >= 0.3 is 0 Å². The van der Waals surface area contributed by atoms with Gasteiger partial charge in [0.25, 0.3) is 0 Å². The van der Waals surface area contributed by atoms with E-state index in [1.807, 2.05) is 18.2 Å². The maximum atomic E-state index is 5.83. The molecule has 20 heavy (non-hydrogen) atoms. The zero-order valence-corrected chi connectivity index (χ0v) is 13.3. The maximum absolute atomic E-state index is 5.83. The Balaban J connectivity index is 2.18. The van der Waals surface area contributed by atoms with Gasteiger partial charge in [0.05, 0.1) is 12.8 Å². The summed E-state index contributed by atoms with van der Waals surface area (Å²) in [5.74, 6) is 0.723. The van der Waals surface area contributed by atoms with Gasteiger partial charge in [-0.2, -0.15) is 0 Å². The molecule has 0 aromatic heterocycles. The molecule has 0 amide bonds. The molecule has 3 heteroatoms. The van der Waals surface area contributed by atoms with E-state index in [0.29, 0.717) is 5.69 Å². The quantitative estimate of drug-likeness (QED) is 0.829. The van der Waals surface area contributed by atoms with Crippen molar-refractivity contribution in [1.82, 2.24) is 0 Å². The zero-order valence-electron chi connectivity index (χ0n) is 12.4. The third-order valence-corrected chi connectivity index (χ3v) is 4.16. The lowest BCUT2D eigenvalue weighted by Crippen LogP contribution is -2.10. The van der Waals surface area contributed by atoms with Gasteiger partial charge in [0.1, 0.15) is 5.75 Å². The summed E-state index contributed by atoms with van der Waals surface area (Å²) in [4.78, 5) is 2.34. The van der Waals surface area contributed by atoms with Gasteiger partial charge in [0, 0.05) is 9.79 Å². The summed E-state index contributed by atoms with van der Waals surface area (Å²) < 4.78 is 5.25. The van der Waals surface area contributed by atoms with Crippen molar-refractivity contribution in [2.45, 2.75) is 36.0 Å². The van der Waals surface area contributed by atoms with E-state index < -0.39 is 0 Å². The Morgan fingerprint density at radius 2 is 1.55 bits per heavy atom. The first-order valence-corrected chi connectivity index (χ1v) is 7.44. The third-order valence-electron chi connectivity index (χ3n) is 3.16. The van der Waals surface area contributed by atoms with Gasteiger partial charge in [-0.1, -0.05) is 44.7 Å². The van der Waals surface area contributed by atoms with Gasteiger partial charge in [0.2, 0.25) is 0 Å². The number of rotatable bonds is 3. The Kier molecular flexibility index (Phi) is 4.29. The van der Waals surface area contributed by atoms with Crippen LogP contribution in [0.15, 0.2) is 52.3 Å². The predicted molar refractivity (Wildman–Crippen MR) is 86.7 cm³/mol. The molecule has 0 spiro atoms. The van der Waals surface area contributed by atoms with Crippen LogP contribution in [0, 0.1) is 0 Å². The summed E-state index contributed by atoms with van der Waals surface area (Å²) in [5.41, 5.74) is 8.03. The lowest BCUT2D eigenvalue weighted by molar-refractivity contribution is 0.416. The molecule has 2 nitrogen and oxygen atoms in total. The average molecular weight is 287 g/mol. The van der Waals surface area contributed by atoms with Gasteiger partial charge in [-0.15, -0.1) is 0 Å². The second-order valence-corrected chi connectivity index (χ2v) is 6.93. The van der Waals surface area contributed by atoms with E-state index in [1.54, 1.807) is 18.9 Å². The van der Waals surface area contributed by atoms with Crippen molar-refractivity contribution >= 4 is 17.4 Å². The third kappa shape index (κ3) is 3.48. The molecule has 2 rings (SSSR count). The largest absolute Gasteiger partial charge is 0.495 e. The monoisotopic (exact) mass is 287 g/mol. The fourth-order valence-corrected chi connectivity index (χ4v) is 2.76. The van der Waals surface area contributed by atoms with E-state index in [-0.39, 0.29) is 5.41 Å². The molecule has 0 fully saturated rings. The van der Waals surface area contributed by atoms with Crippen LogP contribution in [-0.2, 0) is 5.41 Å². The summed E-state index contributed by atoms with van der Waals surface area (Å²) in [7, 11) is 1.64. The summed E-state index contributed by atoms with van der Waals surface area (Å²) >= 11 is 1.71. The summed E-state index contributed by atoms with van der Waals surface area (Å²) in [5, 5.41) is 0. The van der Waals surface area contributed by atoms with Gasteiger partial charge in [0.15, 0.2) is 0 Å². The first kappa shape index (κ1) is 14.8. The molecule has 2 aromatic rings. The standard InChI is InChI=1S/C17H21NOS/c1-17(2,3)12-5-7-13(8-6-12)20-14-9-10-15(18)16(11-14)19-4/h5-11H,18H2,1-4H3. The predicted octanol–water partition coefficient (Wildman–Crippen LogP) is 4.73. The Morgan fingerprint density at radius 3 is 2.10 bits per heavy atom. The minimum Gasteiger partial charge on any atom is -0.495 e. The van der Waals surface area contributed by atoms with Crippen molar-refractivity contribution in [3.8, 4) is 5.75 Å². The maximum Gasteiger partial charge on any atom is 0.142 e. The van der Waals surface area contributed by atoms with E-state index in [9.17, 15) is 0 Å².